The lowest BCUT2D eigenvalue weighted by Crippen LogP contribution is -2.25. The molecular weight excluding hydrogens is 316 g/mol. The summed E-state index contributed by atoms with van der Waals surface area (Å²) < 4.78 is 0. The van der Waals surface area contributed by atoms with Gasteiger partial charge in [-0.25, -0.2) is 0 Å². The predicted octanol–water partition coefficient (Wildman–Crippen LogP) is 2.27. The standard InChI is InChI=1S/C21H16O4/c22-20(23)16-8-3-1-2-6-12(16)14-10-19-15(11-18(14)20)13-7-4-5-9-17(13)21(19,24)25/h2-11,22-25H,1H2. The predicted molar refractivity (Wildman–Crippen MR) is 93.0 cm³/mol. The van der Waals surface area contributed by atoms with Gasteiger partial charge < -0.3 is 20.4 Å². The van der Waals surface area contributed by atoms with E-state index in [1.807, 2.05) is 24.3 Å². The van der Waals surface area contributed by atoms with Crippen LogP contribution in [0.5, 0.6) is 0 Å². The maximum Gasteiger partial charge on any atom is 0.218 e. The summed E-state index contributed by atoms with van der Waals surface area (Å²) in [6.45, 7) is 0. The third kappa shape index (κ3) is 1.74. The van der Waals surface area contributed by atoms with Crippen LogP contribution in [0, 0.1) is 0 Å². The third-order valence-corrected chi connectivity index (χ3v) is 5.30. The molecule has 3 aliphatic rings. The van der Waals surface area contributed by atoms with Gasteiger partial charge in [-0.15, -0.1) is 0 Å². The molecule has 0 unspecified atom stereocenters. The van der Waals surface area contributed by atoms with E-state index in [4.69, 9.17) is 0 Å². The molecule has 0 radical (unpaired) electrons. The van der Waals surface area contributed by atoms with Gasteiger partial charge in [0, 0.05) is 22.3 Å². The molecule has 0 amide bonds. The molecule has 0 aromatic heterocycles. The van der Waals surface area contributed by atoms with E-state index in [0.717, 1.165) is 0 Å². The van der Waals surface area contributed by atoms with Crippen molar-refractivity contribution in [2.24, 2.45) is 0 Å². The summed E-state index contributed by atoms with van der Waals surface area (Å²) in [6.07, 6.45) is 8.10. The van der Waals surface area contributed by atoms with Crippen LogP contribution in [0.15, 0.2) is 66.3 Å². The summed E-state index contributed by atoms with van der Waals surface area (Å²) >= 11 is 0. The minimum atomic E-state index is -2.10. The Hall–Kier alpha value is -2.50. The molecule has 25 heavy (non-hydrogen) atoms. The third-order valence-electron chi connectivity index (χ3n) is 5.30. The minimum absolute atomic E-state index is 0.360. The van der Waals surface area contributed by atoms with E-state index in [-0.39, 0.29) is 0 Å². The first-order valence-electron chi connectivity index (χ1n) is 8.19. The van der Waals surface area contributed by atoms with Crippen LogP contribution in [0.4, 0.5) is 0 Å². The zero-order chi connectivity index (χ0) is 17.4. The monoisotopic (exact) mass is 332 g/mol. The van der Waals surface area contributed by atoms with Crippen LogP contribution in [0.1, 0.15) is 28.7 Å². The first kappa shape index (κ1) is 14.8. The minimum Gasteiger partial charge on any atom is -0.358 e. The zero-order valence-electron chi connectivity index (χ0n) is 13.3. The highest BCUT2D eigenvalue weighted by Gasteiger charge is 2.46. The lowest BCUT2D eigenvalue weighted by atomic mass is 9.94. The summed E-state index contributed by atoms with van der Waals surface area (Å²) in [6, 6.07) is 10.4. The maximum atomic E-state index is 10.8. The highest BCUT2D eigenvalue weighted by Crippen LogP contribution is 2.52. The van der Waals surface area contributed by atoms with Crippen LogP contribution in [0.25, 0.3) is 16.7 Å². The number of fused-ring (bicyclic) bond motifs is 5. The molecule has 4 N–H and O–H groups in total. The lowest BCUT2D eigenvalue weighted by Gasteiger charge is -2.21. The second-order valence-corrected chi connectivity index (χ2v) is 6.70. The molecule has 0 heterocycles. The van der Waals surface area contributed by atoms with Gasteiger partial charge in [0.05, 0.1) is 0 Å². The number of benzene rings is 2. The molecule has 0 bridgehead atoms. The highest BCUT2D eigenvalue weighted by atomic mass is 16.5. The average Bonchev–Trinajstić information content (AvgIpc) is 2.82. The van der Waals surface area contributed by atoms with Crippen LogP contribution in [-0.4, -0.2) is 20.4 Å². The highest BCUT2D eigenvalue weighted by molar-refractivity contribution is 5.91. The SMILES string of the molecule is OC1(O)C2=C(C=CCC=C2)c2cc3c(cc21)-c1ccccc1C3(O)O. The van der Waals surface area contributed by atoms with Crippen molar-refractivity contribution in [3.8, 4) is 11.1 Å². The molecule has 0 aliphatic heterocycles. The van der Waals surface area contributed by atoms with E-state index in [2.05, 4.69) is 0 Å². The van der Waals surface area contributed by atoms with Crippen LogP contribution in [0.3, 0.4) is 0 Å². The summed E-state index contributed by atoms with van der Waals surface area (Å²) in [4.78, 5) is 0. The van der Waals surface area contributed by atoms with Gasteiger partial charge in [-0.2, -0.15) is 0 Å². The molecule has 124 valence electrons. The fourth-order valence-electron chi connectivity index (χ4n) is 4.10. The van der Waals surface area contributed by atoms with Gasteiger partial charge in [-0.3, -0.25) is 0 Å². The van der Waals surface area contributed by atoms with Crippen molar-refractivity contribution in [3.05, 3.63) is 88.5 Å². The van der Waals surface area contributed by atoms with Crippen molar-refractivity contribution in [1.82, 2.24) is 0 Å². The van der Waals surface area contributed by atoms with Gasteiger partial charge in [-0.05, 0) is 40.8 Å². The molecule has 2 aromatic rings. The van der Waals surface area contributed by atoms with Gasteiger partial charge >= 0.3 is 0 Å². The zero-order valence-corrected chi connectivity index (χ0v) is 13.3. The molecule has 0 saturated heterocycles. The van der Waals surface area contributed by atoms with Gasteiger partial charge in [0.25, 0.3) is 0 Å². The second-order valence-electron chi connectivity index (χ2n) is 6.70. The molecule has 3 aliphatic carbocycles. The molecule has 0 saturated carbocycles. The fraction of sp³-hybridized carbons (Fsp3) is 0.143. The number of hydrogen-bond acceptors (Lipinski definition) is 4. The summed E-state index contributed by atoms with van der Waals surface area (Å²) in [5, 5.41) is 42.9. The van der Waals surface area contributed by atoms with E-state index in [0.29, 0.717) is 50.9 Å². The number of hydrogen-bond donors (Lipinski definition) is 4. The van der Waals surface area contributed by atoms with E-state index >= 15 is 0 Å². The lowest BCUT2D eigenvalue weighted by molar-refractivity contribution is -0.131. The van der Waals surface area contributed by atoms with Crippen molar-refractivity contribution < 1.29 is 20.4 Å². The number of rotatable bonds is 0. The first-order chi connectivity index (χ1) is 11.9. The van der Waals surface area contributed by atoms with Gasteiger partial charge in [0.2, 0.25) is 11.6 Å². The number of aliphatic hydroxyl groups is 4. The largest absolute Gasteiger partial charge is 0.358 e. The Bertz CT molecular complexity index is 1020. The molecule has 0 atom stereocenters. The topological polar surface area (TPSA) is 80.9 Å². The summed E-state index contributed by atoms with van der Waals surface area (Å²) in [7, 11) is 0. The Balaban J connectivity index is 1.84. The van der Waals surface area contributed by atoms with Crippen molar-refractivity contribution >= 4 is 5.57 Å². The van der Waals surface area contributed by atoms with Crippen molar-refractivity contribution in [2.45, 2.75) is 18.0 Å². The Morgan fingerprint density at radius 2 is 1.36 bits per heavy atom. The van der Waals surface area contributed by atoms with Crippen LogP contribution >= 0.6 is 0 Å². The maximum absolute atomic E-state index is 10.8. The molecule has 2 aromatic carbocycles. The van der Waals surface area contributed by atoms with Crippen molar-refractivity contribution in [1.29, 1.82) is 0 Å². The molecule has 0 spiro atoms. The van der Waals surface area contributed by atoms with Gasteiger partial charge in [-0.1, -0.05) is 48.6 Å². The Morgan fingerprint density at radius 1 is 0.680 bits per heavy atom. The Kier molecular flexibility index (Phi) is 2.70. The average molecular weight is 332 g/mol. The van der Waals surface area contributed by atoms with Gasteiger partial charge in [0.1, 0.15) is 0 Å². The molecule has 0 fully saturated rings. The van der Waals surface area contributed by atoms with E-state index in [9.17, 15) is 20.4 Å². The van der Waals surface area contributed by atoms with Crippen molar-refractivity contribution in [2.75, 3.05) is 0 Å². The van der Waals surface area contributed by atoms with Crippen LogP contribution in [0.2, 0.25) is 0 Å². The Labute approximate surface area is 144 Å². The molecule has 5 rings (SSSR count). The molecular formula is C21H16O4. The normalized spacial score (nSPS) is 20.8. The smallest absolute Gasteiger partial charge is 0.218 e. The molecule has 4 heteroatoms. The summed E-state index contributed by atoms with van der Waals surface area (Å²) in [5.74, 6) is -4.20. The van der Waals surface area contributed by atoms with E-state index in [1.54, 1.807) is 36.4 Å². The van der Waals surface area contributed by atoms with E-state index < -0.39 is 11.6 Å². The summed E-state index contributed by atoms with van der Waals surface area (Å²) in [5.41, 5.74) is 4.14. The quantitative estimate of drug-likeness (QED) is 0.558. The van der Waals surface area contributed by atoms with E-state index in [1.165, 1.54) is 0 Å². The van der Waals surface area contributed by atoms with Crippen molar-refractivity contribution in [3.63, 3.8) is 0 Å². The first-order valence-corrected chi connectivity index (χ1v) is 8.19. The fourth-order valence-corrected chi connectivity index (χ4v) is 4.10. The second kappa shape index (κ2) is 4.56. The molecule has 4 nitrogen and oxygen atoms in total. The van der Waals surface area contributed by atoms with Gasteiger partial charge in [0.15, 0.2) is 0 Å². The van der Waals surface area contributed by atoms with Crippen LogP contribution < -0.4 is 0 Å². The van der Waals surface area contributed by atoms with Crippen LogP contribution in [-0.2, 0) is 11.6 Å². The Morgan fingerprint density at radius 3 is 2.20 bits per heavy atom. The number of allylic oxidation sites excluding steroid dienone is 4.